The Morgan fingerprint density at radius 2 is 1.53 bits per heavy atom. The van der Waals surface area contributed by atoms with Crippen molar-refractivity contribution in [3.8, 4) is 11.5 Å². The lowest BCUT2D eigenvalue weighted by Gasteiger charge is -2.30. The summed E-state index contributed by atoms with van der Waals surface area (Å²) in [5.41, 5.74) is 1.96. The van der Waals surface area contributed by atoms with Crippen LogP contribution in [-0.4, -0.2) is 57.0 Å². The zero-order chi connectivity index (χ0) is 27.6. The van der Waals surface area contributed by atoms with E-state index in [0.717, 1.165) is 15.4 Å². The molecule has 1 aliphatic rings. The molecular weight excluding hydrogens is 508 g/mol. The number of carbonyl (C=O) groups is 2. The van der Waals surface area contributed by atoms with Crippen LogP contribution in [0.1, 0.15) is 35.7 Å². The highest BCUT2D eigenvalue weighted by atomic mass is 32.2. The van der Waals surface area contributed by atoms with Gasteiger partial charge in [0.2, 0.25) is 0 Å². The fraction of sp³-hybridized carbons (Fsp3) is 0.286. The summed E-state index contributed by atoms with van der Waals surface area (Å²) in [5.74, 6) is -0.0107. The summed E-state index contributed by atoms with van der Waals surface area (Å²) in [6.07, 6.45) is 0. The lowest BCUT2D eigenvalue weighted by atomic mass is 9.97. The lowest BCUT2D eigenvalue weighted by Crippen LogP contribution is -2.42. The zero-order valence-corrected chi connectivity index (χ0v) is 22.6. The van der Waals surface area contributed by atoms with Crippen LogP contribution in [0.15, 0.2) is 77.7 Å². The summed E-state index contributed by atoms with van der Waals surface area (Å²) in [6, 6.07) is 16.1. The number of sulfonamides is 1. The first-order valence-corrected chi connectivity index (χ1v) is 13.4. The second-order valence-electron chi connectivity index (χ2n) is 8.92. The van der Waals surface area contributed by atoms with Gasteiger partial charge in [0.25, 0.3) is 10.0 Å². The number of amides is 2. The van der Waals surface area contributed by atoms with Crippen LogP contribution in [0.25, 0.3) is 0 Å². The summed E-state index contributed by atoms with van der Waals surface area (Å²) in [6.45, 7) is 3.58. The summed E-state index contributed by atoms with van der Waals surface area (Å²) in [5, 5.41) is 0. The van der Waals surface area contributed by atoms with E-state index in [4.69, 9.17) is 14.2 Å². The molecule has 200 valence electrons. The average Bonchev–Trinajstić information content (AvgIpc) is 3.25. The van der Waals surface area contributed by atoms with E-state index in [1.165, 1.54) is 38.4 Å². The molecule has 38 heavy (non-hydrogen) atoms. The zero-order valence-electron chi connectivity index (χ0n) is 21.8. The molecule has 1 fully saturated rings. The van der Waals surface area contributed by atoms with Crippen LogP contribution in [0.2, 0.25) is 0 Å². The van der Waals surface area contributed by atoms with Crippen LogP contribution >= 0.6 is 0 Å². The van der Waals surface area contributed by atoms with Crippen LogP contribution in [0.5, 0.6) is 11.5 Å². The second kappa shape index (κ2) is 10.7. The summed E-state index contributed by atoms with van der Waals surface area (Å²) in [7, 11) is -0.263. The van der Waals surface area contributed by atoms with Gasteiger partial charge in [-0.3, -0.25) is 0 Å². The van der Waals surface area contributed by atoms with E-state index >= 15 is 0 Å². The SMILES string of the molecule is COC(=O)C1C(c2ccc(OC)c(OC)c2)N(S(=O)(=O)c2ccc(C)cc2)C(=O)N1C(C)c1ccccc1. The molecule has 4 rings (SSSR count). The first-order chi connectivity index (χ1) is 18.1. The third-order valence-electron chi connectivity index (χ3n) is 6.73. The van der Waals surface area contributed by atoms with Gasteiger partial charge in [-0.25, -0.2) is 22.3 Å². The monoisotopic (exact) mass is 538 g/mol. The largest absolute Gasteiger partial charge is 0.493 e. The molecule has 1 saturated heterocycles. The molecule has 0 radical (unpaired) electrons. The number of aryl methyl sites for hydroxylation is 1. The van der Waals surface area contributed by atoms with Crippen molar-refractivity contribution in [1.29, 1.82) is 0 Å². The lowest BCUT2D eigenvalue weighted by molar-refractivity contribution is -0.146. The van der Waals surface area contributed by atoms with Crippen molar-refractivity contribution in [2.45, 2.75) is 36.9 Å². The summed E-state index contributed by atoms with van der Waals surface area (Å²) >= 11 is 0. The van der Waals surface area contributed by atoms with Gasteiger partial charge in [-0.2, -0.15) is 0 Å². The molecule has 10 heteroatoms. The number of hydrogen-bond acceptors (Lipinski definition) is 7. The van der Waals surface area contributed by atoms with Crippen molar-refractivity contribution in [1.82, 2.24) is 9.21 Å². The number of nitrogens with zero attached hydrogens (tertiary/aromatic N) is 2. The van der Waals surface area contributed by atoms with E-state index in [0.29, 0.717) is 17.1 Å². The minimum atomic E-state index is -4.40. The van der Waals surface area contributed by atoms with E-state index in [-0.39, 0.29) is 4.90 Å². The molecule has 9 nitrogen and oxygen atoms in total. The van der Waals surface area contributed by atoms with Gasteiger partial charge in [-0.1, -0.05) is 54.1 Å². The molecule has 0 bridgehead atoms. The molecule has 3 aromatic carbocycles. The smallest absolute Gasteiger partial charge is 0.335 e. The highest BCUT2D eigenvalue weighted by molar-refractivity contribution is 7.89. The molecule has 2 amide bonds. The van der Waals surface area contributed by atoms with E-state index in [9.17, 15) is 18.0 Å². The fourth-order valence-corrected chi connectivity index (χ4v) is 6.27. The molecule has 0 saturated carbocycles. The topological polar surface area (TPSA) is 102 Å². The Bertz CT molecular complexity index is 1430. The van der Waals surface area contributed by atoms with Crippen molar-refractivity contribution >= 4 is 22.0 Å². The van der Waals surface area contributed by atoms with Crippen molar-refractivity contribution in [2.24, 2.45) is 0 Å². The Balaban J connectivity index is 1.96. The normalized spacial score (nSPS) is 18.3. The van der Waals surface area contributed by atoms with Gasteiger partial charge in [0.05, 0.1) is 32.3 Å². The summed E-state index contributed by atoms with van der Waals surface area (Å²) in [4.78, 5) is 28.6. The van der Waals surface area contributed by atoms with Gasteiger partial charge in [0.1, 0.15) is 6.04 Å². The molecule has 0 aromatic heterocycles. The van der Waals surface area contributed by atoms with Gasteiger partial charge < -0.3 is 19.1 Å². The molecule has 1 heterocycles. The minimum absolute atomic E-state index is 0.0697. The minimum Gasteiger partial charge on any atom is -0.493 e. The Hall–Kier alpha value is -4.05. The van der Waals surface area contributed by atoms with Gasteiger partial charge in [0, 0.05) is 0 Å². The number of esters is 1. The quantitative estimate of drug-likeness (QED) is 0.390. The Kier molecular flexibility index (Phi) is 7.63. The van der Waals surface area contributed by atoms with Gasteiger partial charge in [0.15, 0.2) is 17.5 Å². The number of ether oxygens (including phenoxy) is 3. The molecule has 1 aliphatic heterocycles. The number of methoxy groups -OCH3 is 3. The third kappa shape index (κ3) is 4.67. The standard InChI is InChI=1S/C28H30N2O7S/c1-18-11-14-22(15-12-18)38(33,34)30-25(21-13-16-23(35-3)24(17-21)36-4)26(27(31)37-5)29(28(30)32)19(2)20-9-7-6-8-10-20/h6-17,19,25-26H,1-5H3. The van der Waals surface area contributed by atoms with Crippen molar-refractivity contribution < 1.29 is 32.2 Å². The molecule has 0 spiro atoms. The Morgan fingerprint density at radius 1 is 0.895 bits per heavy atom. The number of carbonyl (C=O) groups excluding carboxylic acids is 2. The van der Waals surface area contributed by atoms with E-state index in [2.05, 4.69) is 0 Å². The molecule has 0 aliphatic carbocycles. The van der Waals surface area contributed by atoms with Crippen molar-refractivity contribution in [2.75, 3.05) is 21.3 Å². The van der Waals surface area contributed by atoms with Gasteiger partial charge >= 0.3 is 12.0 Å². The highest BCUT2D eigenvalue weighted by Gasteiger charge is 2.57. The first kappa shape index (κ1) is 27.0. The van der Waals surface area contributed by atoms with Crippen LogP contribution in [0.4, 0.5) is 4.79 Å². The van der Waals surface area contributed by atoms with E-state index in [1.54, 1.807) is 37.3 Å². The molecule has 3 unspecified atom stereocenters. The van der Waals surface area contributed by atoms with Crippen LogP contribution in [0.3, 0.4) is 0 Å². The van der Waals surface area contributed by atoms with Crippen LogP contribution in [-0.2, 0) is 19.6 Å². The van der Waals surface area contributed by atoms with Crippen molar-refractivity contribution in [3.05, 3.63) is 89.5 Å². The van der Waals surface area contributed by atoms with Gasteiger partial charge in [-0.15, -0.1) is 0 Å². The highest BCUT2D eigenvalue weighted by Crippen LogP contribution is 2.45. The van der Waals surface area contributed by atoms with Crippen molar-refractivity contribution in [3.63, 3.8) is 0 Å². The Morgan fingerprint density at radius 3 is 2.11 bits per heavy atom. The van der Waals surface area contributed by atoms with Gasteiger partial charge in [-0.05, 0) is 49.2 Å². The first-order valence-electron chi connectivity index (χ1n) is 11.9. The fourth-order valence-electron chi connectivity index (χ4n) is 4.72. The maximum Gasteiger partial charge on any atom is 0.335 e. The van der Waals surface area contributed by atoms with E-state index < -0.39 is 40.1 Å². The maximum atomic E-state index is 14.1. The second-order valence-corrected chi connectivity index (χ2v) is 10.7. The third-order valence-corrected chi connectivity index (χ3v) is 8.50. The predicted octanol–water partition coefficient (Wildman–Crippen LogP) is 4.48. The average molecular weight is 539 g/mol. The predicted molar refractivity (Wildman–Crippen MR) is 140 cm³/mol. The maximum absolute atomic E-state index is 14.1. The Labute approximate surface area is 222 Å². The molecular formula is C28H30N2O7S. The summed E-state index contributed by atoms with van der Waals surface area (Å²) < 4.78 is 44.8. The number of rotatable bonds is 8. The molecule has 0 N–H and O–H groups in total. The van der Waals surface area contributed by atoms with Crippen LogP contribution < -0.4 is 9.47 Å². The van der Waals surface area contributed by atoms with E-state index in [1.807, 2.05) is 37.3 Å². The van der Waals surface area contributed by atoms with Crippen LogP contribution in [0, 0.1) is 6.92 Å². The number of hydrogen-bond donors (Lipinski definition) is 0. The number of urea groups is 1. The molecule has 3 atom stereocenters. The number of benzene rings is 3. The molecule has 3 aromatic rings.